The lowest BCUT2D eigenvalue weighted by atomic mass is 10.0. The molecule has 0 saturated heterocycles. The van der Waals surface area contributed by atoms with E-state index in [4.69, 9.17) is 5.11 Å². The van der Waals surface area contributed by atoms with Crippen LogP contribution in [0.4, 0.5) is 4.79 Å². The number of carbonyl (C=O) groups excluding carboxylic acids is 1. The summed E-state index contributed by atoms with van der Waals surface area (Å²) in [5.41, 5.74) is 1.15. The van der Waals surface area contributed by atoms with E-state index in [1.807, 2.05) is 30.4 Å². The van der Waals surface area contributed by atoms with E-state index in [1.165, 1.54) is 12.8 Å². The van der Waals surface area contributed by atoms with Crippen molar-refractivity contribution in [2.24, 2.45) is 5.92 Å². The first-order valence-electron chi connectivity index (χ1n) is 8.64. The van der Waals surface area contributed by atoms with E-state index in [0.29, 0.717) is 0 Å². The van der Waals surface area contributed by atoms with Gasteiger partial charge >= 0.3 is 6.03 Å². The summed E-state index contributed by atoms with van der Waals surface area (Å²) in [6.07, 6.45) is 9.11. The van der Waals surface area contributed by atoms with Crippen molar-refractivity contribution in [1.82, 2.24) is 10.6 Å². The lowest BCUT2D eigenvalue weighted by Gasteiger charge is -2.21. The fourth-order valence-electron chi connectivity index (χ4n) is 2.99. The highest BCUT2D eigenvalue weighted by molar-refractivity contribution is 5.75. The third-order valence-corrected chi connectivity index (χ3v) is 4.33. The van der Waals surface area contributed by atoms with Crippen LogP contribution in [0.2, 0.25) is 0 Å². The summed E-state index contributed by atoms with van der Waals surface area (Å²) in [5.74, 6) is 0.162. The van der Waals surface area contributed by atoms with Gasteiger partial charge in [-0.1, -0.05) is 68.7 Å². The van der Waals surface area contributed by atoms with Crippen LogP contribution in [0.1, 0.15) is 50.6 Å². The lowest BCUT2D eigenvalue weighted by Crippen LogP contribution is -2.42. The standard InChI is InChI=1S/C19H28N2O2/c1-2-3-5-10-18(16-8-6-4-7-9-16)21-19(23)20-17-12-11-15(13-17)14-22/h4,6-9,11-12,15,17-18,22H,2-3,5,10,13-14H2,1H3,(H2,20,21,23)/t15-,17+,18?/m0/s1. The molecule has 3 N–H and O–H groups in total. The van der Waals surface area contributed by atoms with Crippen molar-refractivity contribution in [3.63, 3.8) is 0 Å². The van der Waals surface area contributed by atoms with Gasteiger partial charge in [0.05, 0.1) is 6.04 Å². The number of urea groups is 1. The molecule has 1 aromatic rings. The number of unbranched alkanes of at least 4 members (excludes halogenated alkanes) is 2. The van der Waals surface area contributed by atoms with Gasteiger partial charge in [-0.05, 0) is 18.4 Å². The fraction of sp³-hybridized carbons (Fsp3) is 0.526. The van der Waals surface area contributed by atoms with E-state index in [2.05, 4.69) is 29.7 Å². The SMILES string of the molecule is CCCCCC(NC(=O)N[C@@H]1C=C[C@H](CO)C1)c1ccccc1. The Labute approximate surface area is 139 Å². The molecule has 0 aliphatic heterocycles. The predicted molar refractivity (Wildman–Crippen MR) is 93.1 cm³/mol. The highest BCUT2D eigenvalue weighted by Gasteiger charge is 2.21. The van der Waals surface area contributed by atoms with Gasteiger partial charge in [0, 0.05) is 18.6 Å². The Morgan fingerprint density at radius 1 is 1.26 bits per heavy atom. The number of rotatable bonds is 8. The summed E-state index contributed by atoms with van der Waals surface area (Å²) in [6.45, 7) is 2.32. The van der Waals surface area contributed by atoms with Gasteiger partial charge in [-0.15, -0.1) is 0 Å². The molecule has 4 heteroatoms. The molecule has 1 unspecified atom stereocenters. The minimum Gasteiger partial charge on any atom is -0.396 e. The summed E-state index contributed by atoms with van der Waals surface area (Å²) >= 11 is 0. The van der Waals surface area contributed by atoms with Gasteiger partial charge in [-0.3, -0.25) is 0 Å². The summed E-state index contributed by atoms with van der Waals surface area (Å²) in [4.78, 5) is 12.3. The minimum absolute atomic E-state index is 0.0132. The van der Waals surface area contributed by atoms with Crippen molar-refractivity contribution in [3.8, 4) is 0 Å². The second kappa shape index (κ2) is 9.36. The summed E-state index contributed by atoms with van der Waals surface area (Å²) in [5, 5.41) is 15.2. The minimum atomic E-state index is -0.136. The Bertz CT molecular complexity index is 501. The number of carbonyl (C=O) groups is 1. The van der Waals surface area contributed by atoms with Crippen molar-refractivity contribution in [2.45, 2.75) is 51.1 Å². The van der Waals surface area contributed by atoms with Crippen molar-refractivity contribution in [2.75, 3.05) is 6.61 Å². The molecule has 23 heavy (non-hydrogen) atoms. The van der Waals surface area contributed by atoms with Gasteiger partial charge in [0.2, 0.25) is 0 Å². The third kappa shape index (κ3) is 5.71. The molecule has 126 valence electrons. The second-order valence-electron chi connectivity index (χ2n) is 6.25. The van der Waals surface area contributed by atoms with Gasteiger partial charge in [0.15, 0.2) is 0 Å². The molecule has 0 heterocycles. The maximum Gasteiger partial charge on any atom is 0.315 e. The van der Waals surface area contributed by atoms with Gasteiger partial charge in [0.25, 0.3) is 0 Å². The number of hydrogen-bond acceptors (Lipinski definition) is 2. The quantitative estimate of drug-likeness (QED) is 0.507. The normalized spacial score (nSPS) is 21.1. The molecule has 1 aromatic carbocycles. The molecule has 1 aliphatic rings. The first-order chi connectivity index (χ1) is 11.2. The summed E-state index contributed by atoms with van der Waals surface area (Å²) < 4.78 is 0. The van der Waals surface area contributed by atoms with E-state index < -0.39 is 0 Å². The topological polar surface area (TPSA) is 61.4 Å². The van der Waals surface area contributed by atoms with Gasteiger partial charge in [-0.25, -0.2) is 4.79 Å². The van der Waals surface area contributed by atoms with Crippen LogP contribution in [-0.2, 0) is 0 Å². The summed E-state index contributed by atoms with van der Waals surface area (Å²) in [7, 11) is 0. The number of nitrogens with one attached hydrogen (secondary N) is 2. The van der Waals surface area contributed by atoms with Crippen LogP contribution in [0.15, 0.2) is 42.5 Å². The third-order valence-electron chi connectivity index (χ3n) is 4.33. The largest absolute Gasteiger partial charge is 0.396 e. The van der Waals surface area contributed by atoms with Crippen molar-refractivity contribution in [1.29, 1.82) is 0 Å². The van der Waals surface area contributed by atoms with Crippen LogP contribution in [0.3, 0.4) is 0 Å². The van der Waals surface area contributed by atoms with Gasteiger partial charge in [0.1, 0.15) is 0 Å². The highest BCUT2D eigenvalue weighted by Crippen LogP contribution is 2.20. The molecule has 3 atom stereocenters. The average Bonchev–Trinajstić information content (AvgIpc) is 3.02. The Morgan fingerprint density at radius 3 is 2.70 bits per heavy atom. The first kappa shape index (κ1) is 17.5. The maximum absolute atomic E-state index is 12.3. The summed E-state index contributed by atoms with van der Waals surface area (Å²) in [6, 6.07) is 10.1. The zero-order chi connectivity index (χ0) is 16.5. The molecule has 0 spiro atoms. The highest BCUT2D eigenvalue weighted by atomic mass is 16.3. The van der Waals surface area contributed by atoms with Crippen LogP contribution < -0.4 is 10.6 Å². The van der Waals surface area contributed by atoms with E-state index in [1.54, 1.807) is 0 Å². The zero-order valence-electron chi connectivity index (χ0n) is 13.9. The fourth-order valence-corrected chi connectivity index (χ4v) is 2.99. The maximum atomic E-state index is 12.3. The zero-order valence-corrected chi connectivity index (χ0v) is 13.9. The molecule has 0 bridgehead atoms. The molecule has 0 fully saturated rings. The van der Waals surface area contributed by atoms with E-state index >= 15 is 0 Å². The molecule has 2 amide bonds. The molecule has 4 nitrogen and oxygen atoms in total. The number of aliphatic hydroxyl groups is 1. The van der Waals surface area contributed by atoms with Gasteiger partial charge < -0.3 is 15.7 Å². The van der Waals surface area contributed by atoms with Crippen LogP contribution in [-0.4, -0.2) is 23.8 Å². The van der Waals surface area contributed by atoms with Crippen molar-refractivity contribution < 1.29 is 9.90 Å². The Morgan fingerprint density at radius 2 is 2.04 bits per heavy atom. The van der Waals surface area contributed by atoms with E-state index in [-0.39, 0.29) is 30.6 Å². The van der Waals surface area contributed by atoms with Crippen molar-refractivity contribution >= 4 is 6.03 Å². The monoisotopic (exact) mass is 316 g/mol. The van der Waals surface area contributed by atoms with Crippen LogP contribution in [0.25, 0.3) is 0 Å². The molecule has 1 aliphatic carbocycles. The van der Waals surface area contributed by atoms with E-state index in [0.717, 1.165) is 24.8 Å². The van der Waals surface area contributed by atoms with E-state index in [9.17, 15) is 4.79 Å². The average molecular weight is 316 g/mol. The van der Waals surface area contributed by atoms with Crippen LogP contribution >= 0.6 is 0 Å². The molecule has 2 rings (SSSR count). The van der Waals surface area contributed by atoms with Crippen molar-refractivity contribution in [3.05, 3.63) is 48.0 Å². The number of hydrogen-bond donors (Lipinski definition) is 3. The molecule has 0 aromatic heterocycles. The second-order valence-corrected chi connectivity index (χ2v) is 6.25. The Hall–Kier alpha value is -1.81. The predicted octanol–water partition coefficient (Wildman–Crippen LogP) is 3.54. The first-order valence-corrected chi connectivity index (χ1v) is 8.64. The number of benzene rings is 1. The Balaban J connectivity index is 1.89. The number of aliphatic hydroxyl groups excluding tert-OH is 1. The van der Waals surface area contributed by atoms with Crippen LogP contribution in [0, 0.1) is 5.92 Å². The molecule has 0 radical (unpaired) electrons. The lowest BCUT2D eigenvalue weighted by molar-refractivity contribution is 0.227. The smallest absolute Gasteiger partial charge is 0.315 e. The molecular weight excluding hydrogens is 288 g/mol. The number of amides is 2. The molecular formula is C19H28N2O2. The Kier molecular flexibility index (Phi) is 7.14. The van der Waals surface area contributed by atoms with Crippen LogP contribution in [0.5, 0.6) is 0 Å². The molecule has 0 saturated carbocycles. The van der Waals surface area contributed by atoms with Gasteiger partial charge in [-0.2, -0.15) is 0 Å².